The van der Waals surface area contributed by atoms with Gasteiger partial charge in [-0.05, 0) is 42.5 Å². The summed E-state index contributed by atoms with van der Waals surface area (Å²) < 4.78 is 53.5. The number of carbonyl (C=O) groups excluding carboxylic acids is 1. The molecular formula is C19H19N5O5S2. The van der Waals surface area contributed by atoms with Crippen molar-refractivity contribution in [2.75, 3.05) is 16.6 Å². The zero-order chi connectivity index (χ0) is 22.3. The molecule has 0 saturated heterocycles. The van der Waals surface area contributed by atoms with Gasteiger partial charge in [-0.3, -0.25) is 4.79 Å². The molecule has 0 fully saturated rings. The third-order valence-corrected chi connectivity index (χ3v) is 6.76. The maximum Gasteiger partial charge on any atom is 0.264 e. The van der Waals surface area contributed by atoms with Crippen LogP contribution in [-0.2, 0) is 24.8 Å². The molecule has 0 bridgehead atoms. The lowest BCUT2D eigenvalue weighted by Crippen LogP contribution is -2.27. The zero-order valence-electron chi connectivity index (χ0n) is 16.1. The minimum atomic E-state index is -3.88. The van der Waals surface area contributed by atoms with Gasteiger partial charge in [-0.25, -0.2) is 36.2 Å². The van der Waals surface area contributed by atoms with Crippen LogP contribution in [0.15, 0.2) is 82.8 Å². The number of anilines is 2. The third kappa shape index (κ3) is 6.31. The number of hydrogen-bond donors (Lipinski definition) is 3. The van der Waals surface area contributed by atoms with Crippen LogP contribution in [0.5, 0.6) is 0 Å². The first kappa shape index (κ1) is 22.3. The molecule has 10 nitrogen and oxygen atoms in total. The van der Waals surface area contributed by atoms with Gasteiger partial charge in [0, 0.05) is 31.0 Å². The second kappa shape index (κ2) is 9.64. The van der Waals surface area contributed by atoms with E-state index in [9.17, 15) is 21.6 Å². The van der Waals surface area contributed by atoms with Gasteiger partial charge in [-0.2, -0.15) is 0 Å². The Morgan fingerprint density at radius 3 is 2.03 bits per heavy atom. The van der Waals surface area contributed by atoms with Gasteiger partial charge in [0.15, 0.2) is 0 Å². The normalized spacial score (nSPS) is 11.6. The van der Waals surface area contributed by atoms with Crippen LogP contribution in [0.3, 0.4) is 0 Å². The van der Waals surface area contributed by atoms with Crippen molar-refractivity contribution in [3.8, 4) is 0 Å². The predicted octanol–water partition coefficient (Wildman–Crippen LogP) is 1.58. The monoisotopic (exact) mass is 461 g/mol. The molecule has 0 unspecified atom stereocenters. The smallest absolute Gasteiger partial charge is 0.264 e. The van der Waals surface area contributed by atoms with Crippen molar-refractivity contribution in [1.82, 2.24) is 14.7 Å². The molecule has 0 spiro atoms. The Labute approximate surface area is 179 Å². The maximum atomic E-state index is 12.3. The Balaban J connectivity index is 1.53. The fourth-order valence-corrected chi connectivity index (χ4v) is 4.46. The van der Waals surface area contributed by atoms with Gasteiger partial charge in [0.1, 0.15) is 0 Å². The molecule has 2 aromatic carbocycles. The first-order valence-corrected chi connectivity index (χ1v) is 12.0. The number of hydrogen-bond acceptors (Lipinski definition) is 7. The molecule has 0 saturated carbocycles. The van der Waals surface area contributed by atoms with Gasteiger partial charge in [0.2, 0.25) is 21.9 Å². The number of rotatable bonds is 9. The number of sulfonamides is 2. The van der Waals surface area contributed by atoms with Gasteiger partial charge in [-0.15, -0.1) is 0 Å². The number of benzene rings is 2. The quantitative estimate of drug-likeness (QED) is 0.438. The van der Waals surface area contributed by atoms with Crippen molar-refractivity contribution in [3.05, 3.63) is 73.1 Å². The van der Waals surface area contributed by atoms with Crippen LogP contribution in [0, 0.1) is 0 Å². The average Bonchev–Trinajstić information content (AvgIpc) is 2.75. The molecular weight excluding hydrogens is 442 g/mol. The highest BCUT2D eigenvalue weighted by molar-refractivity contribution is 7.92. The van der Waals surface area contributed by atoms with Gasteiger partial charge >= 0.3 is 0 Å². The van der Waals surface area contributed by atoms with Crippen molar-refractivity contribution in [3.63, 3.8) is 0 Å². The minimum absolute atomic E-state index is 0.0337. The molecule has 1 amide bonds. The molecule has 0 atom stereocenters. The summed E-state index contributed by atoms with van der Waals surface area (Å²) in [6, 6.07) is 14.9. The molecule has 0 aliphatic heterocycles. The van der Waals surface area contributed by atoms with Crippen molar-refractivity contribution < 1.29 is 21.6 Å². The Morgan fingerprint density at radius 2 is 1.39 bits per heavy atom. The highest BCUT2D eigenvalue weighted by Crippen LogP contribution is 2.16. The van der Waals surface area contributed by atoms with Gasteiger partial charge in [0.25, 0.3) is 10.0 Å². The molecule has 0 aliphatic rings. The number of aromatic nitrogens is 2. The summed E-state index contributed by atoms with van der Waals surface area (Å²) in [4.78, 5) is 19.8. The van der Waals surface area contributed by atoms with E-state index in [-0.39, 0.29) is 28.7 Å². The summed E-state index contributed by atoms with van der Waals surface area (Å²) >= 11 is 0. The third-order valence-electron chi connectivity index (χ3n) is 3.94. The zero-order valence-corrected chi connectivity index (χ0v) is 17.7. The predicted molar refractivity (Wildman–Crippen MR) is 114 cm³/mol. The average molecular weight is 462 g/mol. The summed E-state index contributed by atoms with van der Waals surface area (Å²) in [6.07, 6.45) is 2.71. The first-order chi connectivity index (χ1) is 14.8. The van der Waals surface area contributed by atoms with Gasteiger partial charge < -0.3 is 5.32 Å². The standard InChI is InChI=1S/C19H19N5O5S2/c25-18(11-14-22-30(26,27)16-5-2-1-3-6-16)23-15-7-9-17(10-8-15)31(28,29)24-19-20-12-4-13-21-19/h1-10,12-13,22H,11,14H2,(H,23,25)(H,20,21,24). The fraction of sp³-hybridized carbons (Fsp3) is 0.105. The Bertz CT molecular complexity index is 1230. The van der Waals surface area contributed by atoms with Crippen LogP contribution in [-0.4, -0.2) is 39.3 Å². The van der Waals surface area contributed by atoms with E-state index in [4.69, 9.17) is 0 Å². The lowest BCUT2D eigenvalue weighted by atomic mass is 10.3. The summed E-state index contributed by atoms with van der Waals surface area (Å²) in [5, 5.41) is 2.58. The molecule has 31 heavy (non-hydrogen) atoms. The van der Waals surface area contributed by atoms with E-state index in [1.165, 1.54) is 48.8 Å². The number of amides is 1. The van der Waals surface area contributed by atoms with E-state index in [1.807, 2.05) is 0 Å². The van der Waals surface area contributed by atoms with E-state index >= 15 is 0 Å². The summed E-state index contributed by atoms with van der Waals surface area (Å²) in [5.74, 6) is -0.486. The van der Waals surface area contributed by atoms with Crippen molar-refractivity contribution in [2.24, 2.45) is 0 Å². The molecule has 1 aromatic heterocycles. The summed E-state index contributed by atoms with van der Waals surface area (Å²) in [5.41, 5.74) is 0.367. The van der Waals surface area contributed by atoms with Crippen molar-refractivity contribution in [2.45, 2.75) is 16.2 Å². The Kier molecular flexibility index (Phi) is 6.95. The van der Waals surface area contributed by atoms with Crippen LogP contribution in [0.4, 0.5) is 11.6 Å². The lowest BCUT2D eigenvalue weighted by molar-refractivity contribution is -0.116. The van der Waals surface area contributed by atoms with Crippen LogP contribution in [0.2, 0.25) is 0 Å². The number of carbonyl (C=O) groups is 1. The number of nitrogens with zero attached hydrogens (tertiary/aromatic N) is 2. The topological polar surface area (TPSA) is 147 Å². The molecule has 1 heterocycles. The molecule has 3 aromatic rings. The molecule has 162 valence electrons. The van der Waals surface area contributed by atoms with Gasteiger partial charge in [-0.1, -0.05) is 18.2 Å². The molecule has 0 aliphatic carbocycles. The van der Waals surface area contributed by atoms with Crippen LogP contribution >= 0.6 is 0 Å². The van der Waals surface area contributed by atoms with E-state index in [0.717, 1.165) is 0 Å². The first-order valence-electron chi connectivity index (χ1n) is 9.01. The highest BCUT2D eigenvalue weighted by atomic mass is 32.2. The van der Waals surface area contributed by atoms with Crippen molar-refractivity contribution >= 4 is 37.6 Å². The van der Waals surface area contributed by atoms with E-state index in [1.54, 1.807) is 24.3 Å². The van der Waals surface area contributed by atoms with E-state index in [0.29, 0.717) is 5.69 Å². The number of nitrogens with one attached hydrogen (secondary N) is 3. The molecule has 3 N–H and O–H groups in total. The van der Waals surface area contributed by atoms with E-state index < -0.39 is 26.0 Å². The van der Waals surface area contributed by atoms with Gasteiger partial charge in [0.05, 0.1) is 9.79 Å². The highest BCUT2D eigenvalue weighted by Gasteiger charge is 2.16. The molecule has 12 heteroatoms. The van der Waals surface area contributed by atoms with Crippen molar-refractivity contribution in [1.29, 1.82) is 0 Å². The molecule has 0 radical (unpaired) electrons. The summed E-state index contributed by atoms with van der Waals surface area (Å²) in [6.45, 7) is -0.0868. The summed E-state index contributed by atoms with van der Waals surface area (Å²) in [7, 11) is -7.57. The largest absolute Gasteiger partial charge is 0.326 e. The van der Waals surface area contributed by atoms with Crippen LogP contribution in [0.1, 0.15) is 6.42 Å². The molecule has 3 rings (SSSR count). The van der Waals surface area contributed by atoms with Crippen LogP contribution in [0.25, 0.3) is 0 Å². The van der Waals surface area contributed by atoms with E-state index in [2.05, 4.69) is 24.7 Å². The Hall–Kier alpha value is -3.35. The minimum Gasteiger partial charge on any atom is -0.326 e. The van der Waals surface area contributed by atoms with Crippen LogP contribution < -0.4 is 14.8 Å². The second-order valence-electron chi connectivity index (χ2n) is 6.21. The second-order valence-corrected chi connectivity index (χ2v) is 9.66. The SMILES string of the molecule is O=C(CCNS(=O)(=O)c1ccccc1)Nc1ccc(S(=O)(=O)Nc2ncccn2)cc1. The maximum absolute atomic E-state index is 12.3. The Morgan fingerprint density at radius 1 is 0.774 bits per heavy atom. The fourth-order valence-electron chi connectivity index (χ4n) is 2.45. The lowest BCUT2D eigenvalue weighted by Gasteiger charge is -2.09.